The molecular formula is C10H21NS2. The number of hydrogen-bond acceptors (Lipinski definition) is 3. The topological polar surface area (TPSA) is 12.0 Å². The van der Waals surface area contributed by atoms with Crippen LogP contribution < -0.4 is 5.32 Å². The molecule has 1 fully saturated rings. The van der Waals surface area contributed by atoms with E-state index in [2.05, 4.69) is 30.3 Å². The molecule has 1 aliphatic rings. The first-order chi connectivity index (χ1) is 6.33. The summed E-state index contributed by atoms with van der Waals surface area (Å²) in [4.78, 5) is 0. The Morgan fingerprint density at radius 1 is 1.62 bits per heavy atom. The zero-order valence-corrected chi connectivity index (χ0v) is 10.3. The number of hydrogen-bond donors (Lipinski definition) is 1. The van der Waals surface area contributed by atoms with Crippen LogP contribution in [0.1, 0.15) is 26.2 Å². The molecule has 3 heteroatoms. The molecule has 1 heterocycles. The van der Waals surface area contributed by atoms with Crippen molar-refractivity contribution >= 4 is 23.5 Å². The van der Waals surface area contributed by atoms with Crippen molar-refractivity contribution in [3.63, 3.8) is 0 Å². The molecule has 13 heavy (non-hydrogen) atoms. The molecule has 0 saturated carbocycles. The Bertz CT molecular complexity index is 124. The highest BCUT2D eigenvalue weighted by Crippen LogP contribution is 2.17. The van der Waals surface area contributed by atoms with Gasteiger partial charge < -0.3 is 5.32 Å². The highest BCUT2D eigenvalue weighted by molar-refractivity contribution is 7.99. The first kappa shape index (κ1) is 11.7. The Hall–Kier alpha value is 0.660. The number of nitrogens with one attached hydrogen (secondary N) is 1. The predicted octanol–water partition coefficient (Wildman–Crippen LogP) is 2.61. The van der Waals surface area contributed by atoms with E-state index in [1.54, 1.807) is 0 Å². The van der Waals surface area contributed by atoms with Crippen LogP contribution >= 0.6 is 23.5 Å². The van der Waals surface area contributed by atoms with Crippen LogP contribution in [-0.4, -0.2) is 35.6 Å². The molecule has 0 aromatic heterocycles. The van der Waals surface area contributed by atoms with Gasteiger partial charge in [0.2, 0.25) is 0 Å². The monoisotopic (exact) mass is 219 g/mol. The smallest absolute Gasteiger partial charge is 0.0160 e. The summed E-state index contributed by atoms with van der Waals surface area (Å²) in [5.74, 6) is 3.98. The van der Waals surface area contributed by atoms with E-state index in [1.165, 1.54) is 36.5 Å². The summed E-state index contributed by atoms with van der Waals surface area (Å²) < 4.78 is 0. The normalized spacial score (nSPS) is 25.8. The molecule has 0 spiro atoms. The first-order valence-corrected chi connectivity index (χ1v) is 7.70. The molecule has 0 aliphatic carbocycles. The lowest BCUT2D eigenvalue weighted by molar-refractivity contribution is 0.437. The fourth-order valence-electron chi connectivity index (χ4n) is 1.65. The van der Waals surface area contributed by atoms with Gasteiger partial charge in [0.25, 0.3) is 0 Å². The quantitative estimate of drug-likeness (QED) is 0.763. The number of thioether (sulfide) groups is 2. The third-order valence-corrected chi connectivity index (χ3v) is 4.29. The van der Waals surface area contributed by atoms with Gasteiger partial charge in [-0.05, 0) is 43.9 Å². The minimum absolute atomic E-state index is 0.705. The first-order valence-electron chi connectivity index (χ1n) is 5.15. The average molecular weight is 219 g/mol. The zero-order chi connectivity index (χ0) is 9.52. The van der Waals surface area contributed by atoms with Crippen molar-refractivity contribution in [1.29, 1.82) is 0 Å². The molecule has 0 bridgehead atoms. The maximum atomic E-state index is 3.72. The Kier molecular flexibility index (Phi) is 6.33. The van der Waals surface area contributed by atoms with Crippen LogP contribution in [0.4, 0.5) is 0 Å². The second kappa shape index (κ2) is 7.02. The maximum Gasteiger partial charge on any atom is 0.0160 e. The van der Waals surface area contributed by atoms with Crippen LogP contribution in [0.15, 0.2) is 0 Å². The van der Waals surface area contributed by atoms with Crippen LogP contribution in [0, 0.1) is 0 Å². The third-order valence-electron chi connectivity index (χ3n) is 2.44. The minimum atomic E-state index is 0.705. The second-order valence-corrected chi connectivity index (χ2v) is 5.90. The molecule has 0 amide bonds. The van der Waals surface area contributed by atoms with Crippen LogP contribution in [0.2, 0.25) is 0 Å². The summed E-state index contributed by atoms with van der Waals surface area (Å²) in [6.07, 6.45) is 6.28. The van der Waals surface area contributed by atoms with Gasteiger partial charge in [0.15, 0.2) is 0 Å². The lowest BCUT2D eigenvalue weighted by Crippen LogP contribution is -2.40. The Labute approximate surface area is 90.8 Å². The van der Waals surface area contributed by atoms with Crippen molar-refractivity contribution < 1.29 is 0 Å². The van der Waals surface area contributed by atoms with E-state index in [4.69, 9.17) is 0 Å². The molecule has 1 saturated heterocycles. The minimum Gasteiger partial charge on any atom is -0.311 e. The molecule has 2 unspecified atom stereocenters. The van der Waals surface area contributed by atoms with Crippen LogP contribution in [0.3, 0.4) is 0 Å². The largest absolute Gasteiger partial charge is 0.311 e. The van der Waals surface area contributed by atoms with Crippen LogP contribution in [0.25, 0.3) is 0 Å². The summed E-state index contributed by atoms with van der Waals surface area (Å²) in [5.41, 5.74) is 0. The van der Waals surface area contributed by atoms with Gasteiger partial charge in [-0.1, -0.05) is 0 Å². The summed E-state index contributed by atoms with van der Waals surface area (Å²) in [6, 6.07) is 1.49. The molecule has 0 radical (unpaired) electrons. The molecular weight excluding hydrogens is 198 g/mol. The van der Waals surface area contributed by atoms with E-state index in [0.29, 0.717) is 6.04 Å². The Balaban J connectivity index is 2.07. The van der Waals surface area contributed by atoms with Crippen LogP contribution in [0.5, 0.6) is 0 Å². The SMILES string of the molecule is CSCCC(C)NC1CCCSC1. The summed E-state index contributed by atoms with van der Waals surface area (Å²) in [6.45, 7) is 2.31. The van der Waals surface area contributed by atoms with E-state index in [0.717, 1.165) is 6.04 Å². The molecule has 1 rings (SSSR count). The third kappa shape index (κ3) is 5.18. The molecule has 0 aromatic carbocycles. The van der Waals surface area contributed by atoms with Gasteiger partial charge in [0.05, 0.1) is 0 Å². The molecule has 1 nitrogen and oxygen atoms in total. The van der Waals surface area contributed by atoms with Crippen molar-refractivity contribution in [2.24, 2.45) is 0 Å². The Morgan fingerprint density at radius 2 is 2.46 bits per heavy atom. The van der Waals surface area contributed by atoms with Crippen molar-refractivity contribution in [1.82, 2.24) is 5.32 Å². The second-order valence-electron chi connectivity index (χ2n) is 3.76. The fourth-order valence-corrected chi connectivity index (χ4v) is 3.33. The van der Waals surface area contributed by atoms with Gasteiger partial charge >= 0.3 is 0 Å². The van der Waals surface area contributed by atoms with E-state index < -0.39 is 0 Å². The highest BCUT2D eigenvalue weighted by atomic mass is 32.2. The predicted molar refractivity (Wildman–Crippen MR) is 65.9 cm³/mol. The summed E-state index contributed by atoms with van der Waals surface area (Å²) in [7, 11) is 0. The number of rotatable bonds is 5. The lowest BCUT2D eigenvalue weighted by atomic mass is 10.1. The zero-order valence-electron chi connectivity index (χ0n) is 8.71. The molecule has 78 valence electrons. The molecule has 1 aliphatic heterocycles. The van der Waals surface area contributed by atoms with Gasteiger partial charge in [-0.2, -0.15) is 23.5 Å². The summed E-state index contributed by atoms with van der Waals surface area (Å²) >= 11 is 4.05. The highest BCUT2D eigenvalue weighted by Gasteiger charge is 2.15. The standard InChI is InChI=1S/C10H21NS2/c1-9(5-7-12-2)11-10-4-3-6-13-8-10/h9-11H,3-8H2,1-2H3. The van der Waals surface area contributed by atoms with Crippen molar-refractivity contribution in [3.05, 3.63) is 0 Å². The maximum absolute atomic E-state index is 3.72. The van der Waals surface area contributed by atoms with Gasteiger partial charge in [-0.15, -0.1) is 0 Å². The lowest BCUT2D eigenvalue weighted by Gasteiger charge is -2.26. The molecule has 0 aromatic rings. The van der Waals surface area contributed by atoms with Crippen molar-refractivity contribution in [3.8, 4) is 0 Å². The summed E-state index contributed by atoms with van der Waals surface area (Å²) in [5, 5.41) is 3.72. The van der Waals surface area contributed by atoms with Gasteiger partial charge in [0, 0.05) is 17.8 Å². The van der Waals surface area contributed by atoms with Gasteiger partial charge in [-0.3, -0.25) is 0 Å². The van der Waals surface area contributed by atoms with Crippen molar-refractivity contribution in [2.45, 2.75) is 38.3 Å². The van der Waals surface area contributed by atoms with Crippen molar-refractivity contribution in [2.75, 3.05) is 23.5 Å². The van der Waals surface area contributed by atoms with E-state index >= 15 is 0 Å². The fraction of sp³-hybridized carbons (Fsp3) is 1.00. The molecule has 1 N–H and O–H groups in total. The van der Waals surface area contributed by atoms with E-state index in [1.807, 2.05) is 11.8 Å². The van der Waals surface area contributed by atoms with Gasteiger partial charge in [-0.25, -0.2) is 0 Å². The van der Waals surface area contributed by atoms with E-state index in [-0.39, 0.29) is 0 Å². The van der Waals surface area contributed by atoms with Crippen LogP contribution in [-0.2, 0) is 0 Å². The average Bonchev–Trinajstić information content (AvgIpc) is 2.16. The molecule has 2 atom stereocenters. The Morgan fingerprint density at radius 3 is 3.08 bits per heavy atom. The van der Waals surface area contributed by atoms with Gasteiger partial charge in [0.1, 0.15) is 0 Å². The van der Waals surface area contributed by atoms with E-state index in [9.17, 15) is 0 Å².